The first-order valence-electron chi connectivity index (χ1n) is 5.63. The molecule has 19 heavy (non-hydrogen) atoms. The number of hydrogen-bond acceptors (Lipinski definition) is 4. The molecule has 3 N–H and O–H groups in total. The Hall–Kier alpha value is -1.65. The molecule has 1 aromatic carbocycles. The fraction of sp³-hybridized carbons (Fsp3) is 0.154. The van der Waals surface area contributed by atoms with Gasteiger partial charge in [0.15, 0.2) is 5.82 Å². The predicted molar refractivity (Wildman–Crippen MR) is 82.7 cm³/mol. The summed E-state index contributed by atoms with van der Waals surface area (Å²) in [7, 11) is 3.97. The van der Waals surface area contributed by atoms with Crippen LogP contribution in [0.3, 0.4) is 0 Å². The minimum atomic E-state index is 0.249. The highest BCUT2D eigenvalue weighted by atomic mass is 35.5. The van der Waals surface area contributed by atoms with E-state index >= 15 is 0 Å². The van der Waals surface area contributed by atoms with E-state index in [1.165, 1.54) is 0 Å². The van der Waals surface area contributed by atoms with Crippen molar-refractivity contribution in [2.45, 2.75) is 0 Å². The van der Waals surface area contributed by atoms with Crippen molar-refractivity contribution < 1.29 is 0 Å². The lowest BCUT2D eigenvalue weighted by Crippen LogP contribution is -2.08. The second kappa shape index (κ2) is 5.55. The van der Waals surface area contributed by atoms with Crippen LogP contribution in [-0.4, -0.2) is 19.1 Å². The number of hydrogen-bond donors (Lipinski definition) is 2. The Kier molecular flexibility index (Phi) is 4.02. The minimum Gasteiger partial charge on any atom is -0.382 e. The molecule has 1 heterocycles. The van der Waals surface area contributed by atoms with E-state index in [4.69, 9.17) is 28.9 Å². The molecule has 0 saturated carbocycles. The molecule has 0 aliphatic carbocycles. The number of rotatable bonds is 3. The van der Waals surface area contributed by atoms with Crippen LogP contribution in [-0.2, 0) is 0 Å². The van der Waals surface area contributed by atoms with Crippen molar-refractivity contribution >= 4 is 46.2 Å². The molecule has 6 heteroatoms. The molecular weight excluding hydrogens is 283 g/mol. The molecule has 0 spiro atoms. The Morgan fingerprint density at radius 1 is 1.11 bits per heavy atom. The van der Waals surface area contributed by atoms with E-state index in [-0.39, 0.29) is 5.82 Å². The largest absolute Gasteiger partial charge is 0.382 e. The van der Waals surface area contributed by atoms with Crippen molar-refractivity contribution in [1.82, 2.24) is 4.98 Å². The standard InChI is InChI=1S/C13H14Cl2N4/c1-19(2)9-5-3-8(4-6-9)17-13-11(15)7-10(14)12(16)18-13/h3-7H,1-2H3,(H3,16,17,18). The van der Waals surface area contributed by atoms with Gasteiger partial charge in [-0.2, -0.15) is 0 Å². The van der Waals surface area contributed by atoms with Crippen molar-refractivity contribution in [3.8, 4) is 0 Å². The topological polar surface area (TPSA) is 54.2 Å². The fourth-order valence-electron chi connectivity index (χ4n) is 1.55. The summed E-state index contributed by atoms with van der Waals surface area (Å²) in [5.74, 6) is 0.736. The zero-order valence-electron chi connectivity index (χ0n) is 10.6. The molecule has 0 unspecified atom stereocenters. The molecule has 0 amide bonds. The molecule has 0 fully saturated rings. The Labute approximate surface area is 122 Å². The molecule has 1 aromatic heterocycles. The second-order valence-electron chi connectivity index (χ2n) is 4.25. The number of nitrogen functional groups attached to an aromatic ring is 1. The van der Waals surface area contributed by atoms with Gasteiger partial charge in [-0.15, -0.1) is 0 Å². The van der Waals surface area contributed by atoms with Crippen LogP contribution < -0.4 is 16.0 Å². The third-order valence-corrected chi connectivity index (χ3v) is 3.19. The number of halogens is 2. The number of anilines is 4. The van der Waals surface area contributed by atoms with Gasteiger partial charge in [-0.25, -0.2) is 4.98 Å². The lowest BCUT2D eigenvalue weighted by molar-refractivity contribution is 1.13. The van der Waals surface area contributed by atoms with Gasteiger partial charge in [0.2, 0.25) is 0 Å². The number of aromatic nitrogens is 1. The van der Waals surface area contributed by atoms with Gasteiger partial charge in [0.1, 0.15) is 5.82 Å². The highest BCUT2D eigenvalue weighted by Crippen LogP contribution is 2.29. The molecule has 2 rings (SSSR count). The molecule has 0 aliphatic heterocycles. The Balaban J connectivity index is 2.24. The molecule has 0 atom stereocenters. The Morgan fingerprint density at radius 3 is 2.32 bits per heavy atom. The van der Waals surface area contributed by atoms with Crippen molar-refractivity contribution in [1.29, 1.82) is 0 Å². The molecule has 0 bridgehead atoms. The maximum absolute atomic E-state index is 6.06. The van der Waals surface area contributed by atoms with Crippen molar-refractivity contribution in [3.63, 3.8) is 0 Å². The molecule has 0 aliphatic rings. The number of benzene rings is 1. The van der Waals surface area contributed by atoms with Crippen molar-refractivity contribution in [2.75, 3.05) is 30.0 Å². The van der Waals surface area contributed by atoms with Crippen LogP contribution in [0, 0.1) is 0 Å². The third-order valence-electron chi connectivity index (χ3n) is 2.60. The van der Waals surface area contributed by atoms with E-state index < -0.39 is 0 Å². The van der Waals surface area contributed by atoms with E-state index in [1.54, 1.807) is 6.07 Å². The molecule has 0 radical (unpaired) electrons. The van der Waals surface area contributed by atoms with Gasteiger partial charge < -0.3 is 16.0 Å². The zero-order chi connectivity index (χ0) is 14.0. The predicted octanol–water partition coefficient (Wildman–Crippen LogP) is 3.78. The summed E-state index contributed by atoms with van der Waals surface area (Å²) in [6, 6.07) is 9.45. The average Bonchev–Trinajstić information content (AvgIpc) is 2.36. The SMILES string of the molecule is CN(C)c1ccc(Nc2nc(N)c(Cl)cc2Cl)cc1. The normalized spacial score (nSPS) is 10.3. The summed E-state index contributed by atoms with van der Waals surface area (Å²) in [6.45, 7) is 0. The summed E-state index contributed by atoms with van der Waals surface area (Å²) >= 11 is 11.9. The molecule has 100 valence electrons. The fourth-order valence-corrected chi connectivity index (χ4v) is 1.95. The van der Waals surface area contributed by atoms with E-state index in [1.807, 2.05) is 43.3 Å². The van der Waals surface area contributed by atoms with Gasteiger partial charge in [0, 0.05) is 25.5 Å². The second-order valence-corrected chi connectivity index (χ2v) is 5.07. The van der Waals surface area contributed by atoms with Gasteiger partial charge in [-0.1, -0.05) is 23.2 Å². The smallest absolute Gasteiger partial charge is 0.151 e. The summed E-state index contributed by atoms with van der Waals surface area (Å²) in [6.07, 6.45) is 0. The van der Waals surface area contributed by atoms with Gasteiger partial charge in [0.05, 0.1) is 10.0 Å². The lowest BCUT2D eigenvalue weighted by atomic mass is 10.2. The number of nitrogens with one attached hydrogen (secondary N) is 1. The lowest BCUT2D eigenvalue weighted by Gasteiger charge is -2.14. The van der Waals surface area contributed by atoms with Gasteiger partial charge in [0.25, 0.3) is 0 Å². The van der Waals surface area contributed by atoms with Gasteiger partial charge in [-0.05, 0) is 30.3 Å². The summed E-state index contributed by atoms with van der Waals surface area (Å²) in [5.41, 5.74) is 7.65. The van der Waals surface area contributed by atoms with Crippen LogP contribution in [0.4, 0.5) is 23.0 Å². The number of nitrogens with two attached hydrogens (primary N) is 1. The average molecular weight is 297 g/mol. The maximum atomic E-state index is 6.06. The zero-order valence-corrected chi connectivity index (χ0v) is 12.1. The van der Waals surface area contributed by atoms with E-state index in [9.17, 15) is 0 Å². The van der Waals surface area contributed by atoms with Crippen molar-refractivity contribution in [2.24, 2.45) is 0 Å². The Morgan fingerprint density at radius 2 is 1.74 bits per heavy atom. The highest BCUT2D eigenvalue weighted by molar-refractivity contribution is 6.37. The highest BCUT2D eigenvalue weighted by Gasteiger charge is 2.07. The molecule has 2 aromatic rings. The van der Waals surface area contributed by atoms with E-state index in [0.29, 0.717) is 15.9 Å². The maximum Gasteiger partial charge on any atom is 0.151 e. The minimum absolute atomic E-state index is 0.249. The first kappa shape index (κ1) is 13.8. The van der Waals surface area contributed by atoms with Gasteiger partial charge in [-0.3, -0.25) is 0 Å². The van der Waals surface area contributed by atoms with E-state index in [0.717, 1.165) is 11.4 Å². The quantitative estimate of drug-likeness (QED) is 0.905. The third kappa shape index (κ3) is 3.22. The Bertz CT molecular complexity index is 582. The van der Waals surface area contributed by atoms with E-state index in [2.05, 4.69) is 10.3 Å². The first-order valence-corrected chi connectivity index (χ1v) is 6.39. The first-order chi connectivity index (χ1) is 8.97. The summed E-state index contributed by atoms with van der Waals surface area (Å²) in [5, 5.41) is 3.88. The summed E-state index contributed by atoms with van der Waals surface area (Å²) in [4.78, 5) is 6.14. The van der Waals surface area contributed by atoms with Crippen LogP contribution in [0.2, 0.25) is 10.0 Å². The van der Waals surface area contributed by atoms with Crippen LogP contribution >= 0.6 is 23.2 Å². The van der Waals surface area contributed by atoms with Crippen LogP contribution in [0.5, 0.6) is 0 Å². The summed E-state index contributed by atoms with van der Waals surface area (Å²) < 4.78 is 0. The monoisotopic (exact) mass is 296 g/mol. The number of nitrogens with zero attached hydrogens (tertiary/aromatic N) is 2. The number of pyridine rings is 1. The van der Waals surface area contributed by atoms with Crippen LogP contribution in [0.1, 0.15) is 0 Å². The van der Waals surface area contributed by atoms with Crippen LogP contribution in [0.15, 0.2) is 30.3 Å². The van der Waals surface area contributed by atoms with Gasteiger partial charge >= 0.3 is 0 Å². The van der Waals surface area contributed by atoms with Crippen molar-refractivity contribution in [3.05, 3.63) is 40.4 Å². The van der Waals surface area contributed by atoms with Crippen LogP contribution in [0.25, 0.3) is 0 Å². The molecule has 0 saturated heterocycles. The molecular formula is C13H14Cl2N4. The molecule has 4 nitrogen and oxygen atoms in total.